The van der Waals surface area contributed by atoms with Gasteiger partial charge in [0.2, 0.25) is 11.8 Å². The van der Waals surface area contributed by atoms with Crippen molar-refractivity contribution < 1.29 is 14.5 Å². The summed E-state index contributed by atoms with van der Waals surface area (Å²) in [5.74, 6) is 0.243. The molecule has 0 spiro atoms. The SMILES string of the molecule is O=C(/C=C/c1ccccc1[N+](=O)[O-])NCc1ccnc(OC2CCCC2)c1. The number of aromatic nitrogens is 1. The van der Waals surface area contributed by atoms with Crippen LogP contribution in [0.25, 0.3) is 6.08 Å². The molecule has 140 valence electrons. The molecule has 0 radical (unpaired) electrons. The van der Waals surface area contributed by atoms with Gasteiger partial charge < -0.3 is 10.1 Å². The monoisotopic (exact) mass is 367 g/mol. The third-order valence-corrected chi connectivity index (χ3v) is 4.40. The standard InChI is InChI=1S/C20H21N3O4/c24-19(10-9-16-5-1-4-8-18(16)23(25)26)22-14-15-11-12-21-20(13-15)27-17-6-2-3-7-17/h1,4-5,8-13,17H,2-3,6-7,14H2,(H,22,24)/b10-9+. The number of nitrogens with zero attached hydrogens (tertiary/aromatic N) is 2. The quantitative estimate of drug-likeness (QED) is 0.458. The number of nitro benzene ring substituents is 1. The van der Waals surface area contributed by atoms with Crippen LogP contribution in [0.1, 0.15) is 36.8 Å². The Balaban J connectivity index is 1.55. The molecule has 7 nitrogen and oxygen atoms in total. The van der Waals surface area contributed by atoms with Gasteiger partial charge in [0.25, 0.3) is 5.69 Å². The number of nitro groups is 1. The first-order chi connectivity index (χ1) is 13.1. The lowest BCUT2D eigenvalue weighted by atomic mass is 10.1. The normalized spacial score (nSPS) is 14.4. The van der Waals surface area contributed by atoms with E-state index < -0.39 is 4.92 Å². The van der Waals surface area contributed by atoms with E-state index in [2.05, 4.69) is 10.3 Å². The molecule has 1 amide bonds. The fourth-order valence-corrected chi connectivity index (χ4v) is 3.01. The molecule has 0 aliphatic heterocycles. The Hall–Kier alpha value is -3.22. The van der Waals surface area contributed by atoms with E-state index in [-0.39, 0.29) is 17.7 Å². The van der Waals surface area contributed by atoms with Crippen molar-refractivity contribution in [2.75, 3.05) is 0 Å². The molecule has 1 aromatic carbocycles. The zero-order valence-electron chi connectivity index (χ0n) is 14.8. The van der Waals surface area contributed by atoms with E-state index in [1.165, 1.54) is 31.1 Å². The van der Waals surface area contributed by atoms with Crippen molar-refractivity contribution in [1.82, 2.24) is 10.3 Å². The van der Waals surface area contributed by atoms with Crippen molar-refractivity contribution in [2.24, 2.45) is 0 Å². The van der Waals surface area contributed by atoms with Crippen molar-refractivity contribution >= 4 is 17.7 Å². The predicted octanol–water partition coefficient (Wildman–Crippen LogP) is 3.64. The number of rotatable bonds is 7. The van der Waals surface area contributed by atoms with E-state index in [4.69, 9.17) is 4.74 Å². The molecule has 27 heavy (non-hydrogen) atoms. The maximum atomic E-state index is 12.0. The Bertz CT molecular complexity index is 845. The zero-order chi connectivity index (χ0) is 19.1. The number of ether oxygens (including phenoxy) is 1. The summed E-state index contributed by atoms with van der Waals surface area (Å²) in [4.78, 5) is 26.8. The maximum Gasteiger partial charge on any atom is 0.276 e. The molecule has 0 bridgehead atoms. The molecule has 3 rings (SSSR count). The Morgan fingerprint density at radius 1 is 1.30 bits per heavy atom. The van der Waals surface area contributed by atoms with Gasteiger partial charge in [-0.05, 0) is 49.5 Å². The highest BCUT2D eigenvalue weighted by atomic mass is 16.6. The van der Waals surface area contributed by atoms with E-state index in [1.54, 1.807) is 24.4 Å². The van der Waals surface area contributed by atoms with Crippen LogP contribution in [0.5, 0.6) is 5.88 Å². The Morgan fingerprint density at radius 3 is 2.85 bits per heavy atom. The minimum Gasteiger partial charge on any atom is -0.474 e. The zero-order valence-corrected chi connectivity index (χ0v) is 14.8. The van der Waals surface area contributed by atoms with Crippen LogP contribution in [0.15, 0.2) is 48.7 Å². The summed E-state index contributed by atoms with van der Waals surface area (Å²) < 4.78 is 5.86. The summed E-state index contributed by atoms with van der Waals surface area (Å²) in [6.45, 7) is 0.323. The lowest BCUT2D eigenvalue weighted by Crippen LogP contribution is -2.20. The second kappa shape index (κ2) is 8.93. The van der Waals surface area contributed by atoms with Crippen LogP contribution in [-0.4, -0.2) is 21.9 Å². The Kier molecular flexibility index (Phi) is 6.14. The van der Waals surface area contributed by atoms with Crippen LogP contribution in [-0.2, 0) is 11.3 Å². The fraction of sp³-hybridized carbons (Fsp3) is 0.300. The fourth-order valence-electron chi connectivity index (χ4n) is 3.01. The first kappa shape index (κ1) is 18.6. The average molecular weight is 367 g/mol. The van der Waals surface area contributed by atoms with Crippen molar-refractivity contribution in [1.29, 1.82) is 0 Å². The van der Waals surface area contributed by atoms with Gasteiger partial charge in [0.1, 0.15) is 6.10 Å². The highest BCUT2D eigenvalue weighted by Gasteiger charge is 2.17. The number of nitrogens with one attached hydrogen (secondary N) is 1. The van der Waals surface area contributed by atoms with Gasteiger partial charge in [-0.25, -0.2) is 4.98 Å². The number of amides is 1. The highest BCUT2D eigenvalue weighted by molar-refractivity contribution is 5.92. The summed E-state index contributed by atoms with van der Waals surface area (Å²) in [7, 11) is 0. The van der Waals surface area contributed by atoms with Crippen LogP contribution in [0.3, 0.4) is 0 Å². The summed E-state index contributed by atoms with van der Waals surface area (Å²) in [5, 5.41) is 13.7. The minimum atomic E-state index is -0.472. The molecule has 1 fully saturated rings. The van der Waals surface area contributed by atoms with Crippen LogP contribution >= 0.6 is 0 Å². The number of carbonyl (C=O) groups is 1. The molecule has 0 saturated heterocycles. The molecule has 0 unspecified atom stereocenters. The predicted molar refractivity (Wildman–Crippen MR) is 101 cm³/mol. The smallest absolute Gasteiger partial charge is 0.276 e. The topological polar surface area (TPSA) is 94.4 Å². The van der Waals surface area contributed by atoms with Gasteiger partial charge in [0.05, 0.1) is 10.5 Å². The molecule has 1 heterocycles. The molecule has 1 aliphatic carbocycles. The molecule has 1 aliphatic rings. The summed E-state index contributed by atoms with van der Waals surface area (Å²) in [6, 6.07) is 9.91. The number of para-hydroxylation sites is 1. The third kappa shape index (κ3) is 5.37. The Labute approximate surface area is 157 Å². The van der Waals surface area contributed by atoms with Crippen molar-refractivity contribution in [3.8, 4) is 5.88 Å². The van der Waals surface area contributed by atoms with Gasteiger partial charge in [-0.3, -0.25) is 14.9 Å². The van der Waals surface area contributed by atoms with Crippen molar-refractivity contribution in [2.45, 2.75) is 38.3 Å². The Morgan fingerprint density at radius 2 is 2.07 bits per heavy atom. The van der Waals surface area contributed by atoms with Crippen molar-refractivity contribution in [3.63, 3.8) is 0 Å². The maximum absolute atomic E-state index is 12.0. The van der Waals surface area contributed by atoms with Crippen molar-refractivity contribution in [3.05, 3.63) is 69.9 Å². The molecular formula is C20H21N3O4. The third-order valence-electron chi connectivity index (χ3n) is 4.40. The van der Waals surface area contributed by atoms with Crippen LogP contribution < -0.4 is 10.1 Å². The lowest BCUT2D eigenvalue weighted by Gasteiger charge is -2.12. The molecule has 1 aromatic heterocycles. The number of benzene rings is 1. The second-order valence-electron chi connectivity index (χ2n) is 6.39. The average Bonchev–Trinajstić information content (AvgIpc) is 3.18. The van der Waals surface area contributed by atoms with Gasteiger partial charge in [-0.1, -0.05) is 12.1 Å². The number of hydrogen-bond donors (Lipinski definition) is 1. The molecule has 2 aromatic rings. The van der Waals surface area contributed by atoms with Gasteiger partial charge >= 0.3 is 0 Å². The highest BCUT2D eigenvalue weighted by Crippen LogP contribution is 2.23. The van der Waals surface area contributed by atoms with Gasteiger partial charge in [0, 0.05) is 31.0 Å². The van der Waals surface area contributed by atoms with E-state index >= 15 is 0 Å². The summed E-state index contributed by atoms with van der Waals surface area (Å²) in [6.07, 6.45) is 9.10. The molecule has 0 atom stereocenters. The first-order valence-electron chi connectivity index (χ1n) is 8.93. The number of pyridine rings is 1. The van der Waals surface area contributed by atoms with E-state index in [1.807, 2.05) is 12.1 Å². The van der Waals surface area contributed by atoms with Crippen LogP contribution in [0.2, 0.25) is 0 Å². The second-order valence-corrected chi connectivity index (χ2v) is 6.39. The van der Waals surface area contributed by atoms with E-state index in [0.717, 1.165) is 18.4 Å². The molecule has 1 N–H and O–H groups in total. The minimum absolute atomic E-state index is 0.0376. The number of hydrogen-bond acceptors (Lipinski definition) is 5. The first-order valence-corrected chi connectivity index (χ1v) is 8.93. The lowest BCUT2D eigenvalue weighted by molar-refractivity contribution is -0.385. The largest absolute Gasteiger partial charge is 0.474 e. The molecule has 7 heteroatoms. The summed E-state index contributed by atoms with van der Waals surface area (Å²) >= 11 is 0. The van der Waals surface area contributed by atoms with Gasteiger partial charge in [-0.15, -0.1) is 0 Å². The van der Waals surface area contributed by atoms with Crippen LogP contribution in [0, 0.1) is 10.1 Å². The molecular weight excluding hydrogens is 346 g/mol. The van der Waals surface area contributed by atoms with E-state index in [9.17, 15) is 14.9 Å². The van der Waals surface area contributed by atoms with E-state index in [0.29, 0.717) is 18.0 Å². The van der Waals surface area contributed by atoms with Gasteiger partial charge in [0.15, 0.2) is 0 Å². The van der Waals surface area contributed by atoms with Gasteiger partial charge in [-0.2, -0.15) is 0 Å². The van der Waals surface area contributed by atoms with Crippen LogP contribution in [0.4, 0.5) is 5.69 Å². The summed E-state index contributed by atoms with van der Waals surface area (Å²) in [5.41, 5.74) is 1.23. The molecule has 1 saturated carbocycles. The number of carbonyl (C=O) groups excluding carboxylic acids is 1.